The number of halogens is 1. The molecule has 2 aromatic rings. The highest BCUT2D eigenvalue weighted by molar-refractivity contribution is 6.31. The molecule has 5 rings (SSSR count). The van der Waals surface area contributed by atoms with Gasteiger partial charge >= 0.3 is 0 Å². The summed E-state index contributed by atoms with van der Waals surface area (Å²) >= 11 is 6.26. The molecule has 5 atom stereocenters. The van der Waals surface area contributed by atoms with Gasteiger partial charge in [-0.05, 0) is 32.0 Å². The first kappa shape index (κ1) is 20.9. The number of rotatable bonds is 7. The fraction of sp³-hybridized carbons (Fsp3) is 0.500. The summed E-state index contributed by atoms with van der Waals surface area (Å²) in [5, 5.41) is 6.95. The van der Waals surface area contributed by atoms with Crippen LogP contribution in [0.4, 0.5) is 0 Å². The van der Waals surface area contributed by atoms with E-state index in [1.165, 1.54) is 6.26 Å². The molecule has 2 unspecified atom stereocenters. The van der Waals surface area contributed by atoms with Crippen LogP contribution in [-0.4, -0.2) is 55.4 Å². The molecule has 166 valence electrons. The van der Waals surface area contributed by atoms with Crippen molar-refractivity contribution in [2.24, 2.45) is 0 Å². The largest absolute Gasteiger partial charge is 0.459 e. The van der Waals surface area contributed by atoms with Crippen LogP contribution in [-0.2, 0) is 18.9 Å². The Morgan fingerprint density at radius 2 is 2.06 bits per heavy atom. The zero-order valence-electron chi connectivity index (χ0n) is 17.3. The minimum Gasteiger partial charge on any atom is -0.459 e. The number of amides is 1. The van der Waals surface area contributed by atoms with E-state index >= 15 is 0 Å². The minimum atomic E-state index is -0.779. The zero-order chi connectivity index (χ0) is 21.6. The van der Waals surface area contributed by atoms with Crippen LogP contribution in [0.15, 0.2) is 47.1 Å². The number of carbonyl (C=O) groups is 1. The predicted octanol–water partition coefficient (Wildman–Crippen LogP) is 2.64. The zero-order valence-corrected chi connectivity index (χ0v) is 18.1. The molecule has 1 aromatic carbocycles. The van der Waals surface area contributed by atoms with Gasteiger partial charge < -0.3 is 28.7 Å². The maximum absolute atomic E-state index is 12.3. The Balaban J connectivity index is 1.20. The van der Waals surface area contributed by atoms with Gasteiger partial charge in [-0.1, -0.05) is 29.8 Å². The number of ether oxygens (including phenoxy) is 4. The summed E-state index contributed by atoms with van der Waals surface area (Å²) in [4.78, 5) is 12.3. The first-order valence-corrected chi connectivity index (χ1v) is 10.7. The predicted molar refractivity (Wildman–Crippen MR) is 111 cm³/mol. The molecule has 4 heterocycles. The standard InChI is InChI=1S/C22H25ClN2O6/c1-21(2)30-18-16(10-24-20-17(29-20)13-6-3-4-7-14(13)23)28-12-22(18,31-21)11-25-19(26)15-8-5-9-27-15/h3-9,16-18,20,24H,10-12H2,1-2H3,(H,25,26)/t16-,17?,18-,20?,22+/m1/s1. The smallest absolute Gasteiger partial charge is 0.287 e. The summed E-state index contributed by atoms with van der Waals surface area (Å²) in [5.41, 5.74) is 0.190. The average molecular weight is 449 g/mol. The van der Waals surface area contributed by atoms with Crippen LogP contribution in [0.5, 0.6) is 0 Å². The number of epoxide rings is 1. The lowest BCUT2D eigenvalue weighted by Crippen LogP contribution is -2.52. The SMILES string of the molecule is CC1(C)O[C@@H]2[C@@H](CNC3OC3c3ccccc3Cl)OC[C@]2(CNC(=O)c2ccco2)O1. The Hall–Kier alpha value is -1.94. The quantitative estimate of drug-likeness (QED) is 0.629. The van der Waals surface area contributed by atoms with Crippen molar-refractivity contribution in [2.75, 3.05) is 19.7 Å². The van der Waals surface area contributed by atoms with Crippen LogP contribution in [0, 0.1) is 0 Å². The molecule has 1 aromatic heterocycles. The summed E-state index contributed by atoms with van der Waals surface area (Å²) in [6, 6.07) is 10.9. The van der Waals surface area contributed by atoms with Crippen LogP contribution in [0.2, 0.25) is 5.02 Å². The van der Waals surface area contributed by atoms with Gasteiger partial charge in [-0.15, -0.1) is 0 Å². The van der Waals surface area contributed by atoms with Crippen LogP contribution in [0.3, 0.4) is 0 Å². The molecule has 8 nitrogen and oxygen atoms in total. The molecular weight excluding hydrogens is 424 g/mol. The average Bonchev–Trinajstić information content (AvgIpc) is 3.05. The second kappa shape index (κ2) is 7.88. The molecule has 3 fully saturated rings. The molecule has 3 aliphatic heterocycles. The van der Waals surface area contributed by atoms with Gasteiger partial charge in [-0.2, -0.15) is 0 Å². The number of benzene rings is 1. The monoisotopic (exact) mass is 448 g/mol. The van der Waals surface area contributed by atoms with Crippen LogP contribution >= 0.6 is 11.6 Å². The molecule has 1 amide bonds. The molecule has 3 saturated heterocycles. The van der Waals surface area contributed by atoms with Crippen molar-refractivity contribution in [1.82, 2.24) is 10.6 Å². The highest BCUT2D eigenvalue weighted by atomic mass is 35.5. The second-order valence-electron chi connectivity index (χ2n) is 8.52. The van der Waals surface area contributed by atoms with Crippen molar-refractivity contribution in [2.45, 2.75) is 49.8 Å². The summed E-state index contributed by atoms with van der Waals surface area (Å²) in [6.45, 7) is 4.81. The number of furan rings is 1. The molecule has 0 bridgehead atoms. The summed E-state index contributed by atoms with van der Waals surface area (Å²) < 4.78 is 29.3. The lowest BCUT2D eigenvalue weighted by atomic mass is 9.96. The minimum absolute atomic E-state index is 0.0790. The number of nitrogens with one attached hydrogen (secondary N) is 2. The first-order chi connectivity index (χ1) is 14.9. The number of hydrogen-bond acceptors (Lipinski definition) is 7. The topological polar surface area (TPSA) is 94.5 Å². The Morgan fingerprint density at radius 1 is 1.23 bits per heavy atom. The van der Waals surface area contributed by atoms with Gasteiger partial charge in [-0.25, -0.2) is 0 Å². The summed E-state index contributed by atoms with van der Waals surface area (Å²) in [5.74, 6) is -0.833. The van der Waals surface area contributed by atoms with Gasteiger partial charge in [0.25, 0.3) is 5.91 Å². The Bertz CT molecular complexity index is 951. The van der Waals surface area contributed by atoms with Crippen molar-refractivity contribution in [3.05, 3.63) is 59.0 Å². The molecule has 31 heavy (non-hydrogen) atoms. The molecule has 0 aliphatic carbocycles. The highest BCUT2D eigenvalue weighted by Crippen LogP contribution is 2.44. The lowest BCUT2D eigenvalue weighted by Gasteiger charge is -2.27. The van der Waals surface area contributed by atoms with Crippen molar-refractivity contribution in [1.29, 1.82) is 0 Å². The maximum Gasteiger partial charge on any atom is 0.287 e. The Kier molecular flexibility index (Phi) is 5.32. The fourth-order valence-electron chi connectivity index (χ4n) is 4.37. The van der Waals surface area contributed by atoms with Gasteiger partial charge in [0.1, 0.15) is 24.0 Å². The van der Waals surface area contributed by atoms with Gasteiger partial charge in [0, 0.05) is 17.1 Å². The molecular formula is C22H25ClN2O6. The van der Waals surface area contributed by atoms with Crippen LogP contribution in [0.25, 0.3) is 0 Å². The third kappa shape index (κ3) is 4.11. The van der Waals surface area contributed by atoms with Crippen molar-refractivity contribution in [3.63, 3.8) is 0 Å². The van der Waals surface area contributed by atoms with Gasteiger partial charge in [0.05, 0.1) is 25.5 Å². The number of carbonyl (C=O) groups excluding carboxylic acids is 1. The molecule has 9 heteroatoms. The third-order valence-corrected chi connectivity index (χ3v) is 6.12. The number of fused-ring (bicyclic) bond motifs is 1. The van der Waals surface area contributed by atoms with E-state index in [2.05, 4.69) is 10.6 Å². The number of hydrogen-bond donors (Lipinski definition) is 2. The molecule has 0 radical (unpaired) electrons. The lowest BCUT2D eigenvalue weighted by molar-refractivity contribution is -0.188. The Morgan fingerprint density at radius 3 is 2.84 bits per heavy atom. The van der Waals surface area contributed by atoms with Crippen molar-refractivity contribution < 1.29 is 28.2 Å². The fourth-order valence-corrected chi connectivity index (χ4v) is 4.61. The highest BCUT2D eigenvalue weighted by Gasteiger charge is 2.61. The van der Waals surface area contributed by atoms with E-state index in [0.29, 0.717) is 18.2 Å². The maximum atomic E-state index is 12.3. The van der Waals surface area contributed by atoms with E-state index in [-0.39, 0.29) is 42.8 Å². The van der Waals surface area contributed by atoms with E-state index in [0.717, 1.165) is 5.56 Å². The van der Waals surface area contributed by atoms with Gasteiger partial charge in [0.2, 0.25) is 0 Å². The van der Waals surface area contributed by atoms with E-state index in [9.17, 15) is 4.79 Å². The van der Waals surface area contributed by atoms with Crippen molar-refractivity contribution in [3.8, 4) is 0 Å². The molecule has 0 saturated carbocycles. The van der Waals surface area contributed by atoms with Crippen LogP contribution in [0.1, 0.15) is 36.1 Å². The van der Waals surface area contributed by atoms with Gasteiger partial charge in [-0.3, -0.25) is 10.1 Å². The molecule has 0 spiro atoms. The summed E-state index contributed by atoms with van der Waals surface area (Å²) in [6.07, 6.45) is 0.657. The van der Waals surface area contributed by atoms with E-state index < -0.39 is 11.4 Å². The molecule has 3 aliphatic rings. The molecule has 2 N–H and O–H groups in total. The van der Waals surface area contributed by atoms with E-state index in [4.69, 9.17) is 35.0 Å². The van der Waals surface area contributed by atoms with Crippen LogP contribution < -0.4 is 10.6 Å². The van der Waals surface area contributed by atoms with Crippen molar-refractivity contribution >= 4 is 17.5 Å². The normalized spacial score (nSPS) is 33.3. The summed E-state index contributed by atoms with van der Waals surface area (Å²) in [7, 11) is 0. The Labute approximate surface area is 185 Å². The van der Waals surface area contributed by atoms with E-state index in [1.54, 1.807) is 12.1 Å². The van der Waals surface area contributed by atoms with Gasteiger partial charge in [0.15, 0.2) is 11.5 Å². The second-order valence-corrected chi connectivity index (χ2v) is 8.93. The van der Waals surface area contributed by atoms with E-state index in [1.807, 2.05) is 38.1 Å². The first-order valence-electron chi connectivity index (χ1n) is 10.3. The third-order valence-electron chi connectivity index (χ3n) is 5.77.